The third-order valence-electron chi connectivity index (χ3n) is 3.59. The third-order valence-corrected chi connectivity index (χ3v) is 3.96. The number of benzene rings is 1. The highest BCUT2D eigenvalue weighted by Crippen LogP contribution is 2.30. The molecular formula is C17H17N3O2S. The maximum absolute atomic E-state index is 10.4. The van der Waals surface area contributed by atoms with Crippen LogP contribution in [0.3, 0.4) is 0 Å². The largest absolute Gasteiger partial charge is 0.389 e. The molecule has 0 amide bonds. The van der Waals surface area contributed by atoms with Crippen molar-refractivity contribution in [1.82, 2.24) is 14.8 Å². The van der Waals surface area contributed by atoms with E-state index in [1.807, 2.05) is 42.5 Å². The van der Waals surface area contributed by atoms with Crippen molar-refractivity contribution in [3.8, 4) is 16.9 Å². The fourth-order valence-corrected chi connectivity index (χ4v) is 2.56. The molecule has 0 aliphatic rings. The molecule has 2 unspecified atom stereocenters. The fraction of sp³-hybridized carbons (Fsp3) is 0.176. The van der Waals surface area contributed by atoms with E-state index in [1.54, 1.807) is 23.3 Å². The molecule has 0 aliphatic heterocycles. The number of rotatable bonds is 5. The lowest BCUT2D eigenvalue weighted by molar-refractivity contribution is 0.0341. The van der Waals surface area contributed by atoms with Crippen molar-refractivity contribution in [1.29, 1.82) is 0 Å². The standard InChI is InChI=1S/C17H17N3O2S/c21-15(11-23)17(22)14-10-20(13-4-2-1-3-5-13)19-16(14)12-6-8-18-9-7-12/h1-10,15,17,21-23H,11H2. The normalized spacial score (nSPS) is 13.7. The summed E-state index contributed by atoms with van der Waals surface area (Å²) >= 11 is 4.06. The second-order valence-corrected chi connectivity index (χ2v) is 5.51. The number of aliphatic hydroxyl groups excluding tert-OH is 2. The number of aromatic nitrogens is 3. The number of para-hydroxylation sites is 1. The molecular weight excluding hydrogens is 310 g/mol. The fourth-order valence-electron chi connectivity index (χ4n) is 2.36. The van der Waals surface area contributed by atoms with Gasteiger partial charge in [-0.1, -0.05) is 18.2 Å². The van der Waals surface area contributed by atoms with Gasteiger partial charge in [0.05, 0.1) is 17.5 Å². The Bertz CT molecular complexity index is 762. The Morgan fingerprint density at radius 1 is 1.04 bits per heavy atom. The van der Waals surface area contributed by atoms with E-state index >= 15 is 0 Å². The zero-order chi connectivity index (χ0) is 16.2. The van der Waals surface area contributed by atoms with Crippen molar-refractivity contribution in [2.24, 2.45) is 0 Å². The average Bonchev–Trinajstić information content (AvgIpc) is 3.07. The van der Waals surface area contributed by atoms with E-state index in [-0.39, 0.29) is 5.75 Å². The number of nitrogens with zero attached hydrogens (tertiary/aromatic N) is 3. The minimum Gasteiger partial charge on any atom is -0.389 e. The monoisotopic (exact) mass is 327 g/mol. The molecule has 3 aromatic rings. The minimum absolute atomic E-state index is 0.160. The first-order valence-electron chi connectivity index (χ1n) is 7.23. The van der Waals surface area contributed by atoms with E-state index in [4.69, 9.17) is 0 Å². The Balaban J connectivity index is 2.11. The van der Waals surface area contributed by atoms with Gasteiger partial charge in [0.2, 0.25) is 0 Å². The maximum atomic E-state index is 10.4. The average molecular weight is 327 g/mol. The molecule has 2 aromatic heterocycles. The van der Waals surface area contributed by atoms with Crippen molar-refractivity contribution < 1.29 is 10.2 Å². The van der Waals surface area contributed by atoms with Crippen molar-refractivity contribution in [2.75, 3.05) is 5.75 Å². The highest BCUT2D eigenvalue weighted by Gasteiger charge is 2.24. The molecule has 118 valence electrons. The molecule has 3 rings (SSSR count). The molecule has 2 N–H and O–H groups in total. The van der Waals surface area contributed by atoms with Gasteiger partial charge in [-0.2, -0.15) is 17.7 Å². The molecule has 0 saturated heterocycles. The van der Waals surface area contributed by atoms with Gasteiger partial charge in [0.1, 0.15) is 6.10 Å². The van der Waals surface area contributed by atoms with Crippen LogP contribution >= 0.6 is 12.6 Å². The lowest BCUT2D eigenvalue weighted by Crippen LogP contribution is -2.19. The highest BCUT2D eigenvalue weighted by molar-refractivity contribution is 7.80. The summed E-state index contributed by atoms with van der Waals surface area (Å²) in [6.07, 6.45) is 3.05. The van der Waals surface area contributed by atoms with Gasteiger partial charge in [-0.3, -0.25) is 4.98 Å². The Hall–Kier alpha value is -2.15. The Labute approximate surface area is 139 Å². The van der Waals surface area contributed by atoms with E-state index in [2.05, 4.69) is 22.7 Å². The van der Waals surface area contributed by atoms with E-state index in [0.717, 1.165) is 11.3 Å². The van der Waals surface area contributed by atoms with Gasteiger partial charge in [0.25, 0.3) is 0 Å². The van der Waals surface area contributed by atoms with Crippen LogP contribution in [0.4, 0.5) is 0 Å². The first-order chi connectivity index (χ1) is 11.2. The van der Waals surface area contributed by atoms with Crippen LogP contribution in [0.15, 0.2) is 61.1 Å². The summed E-state index contributed by atoms with van der Waals surface area (Å²) in [7, 11) is 0. The number of aliphatic hydroxyl groups is 2. The molecule has 0 bridgehead atoms. The topological polar surface area (TPSA) is 71.2 Å². The van der Waals surface area contributed by atoms with Crippen molar-refractivity contribution in [3.63, 3.8) is 0 Å². The van der Waals surface area contributed by atoms with Crippen LogP contribution in [0, 0.1) is 0 Å². The molecule has 2 atom stereocenters. The molecule has 0 fully saturated rings. The van der Waals surface area contributed by atoms with Gasteiger partial charge in [-0.05, 0) is 24.3 Å². The van der Waals surface area contributed by atoms with Gasteiger partial charge < -0.3 is 10.2 Å². The first-order valence-corrected chi connectivity index (χ1v) is 7.86. The first kappa shape index (κ1) is 15.7. The molecule has 0 spiro atoms. The Kier molecular flexibility index (Phi) is 4.76. The quantitative estimate of drug-likeness (QED) is 0.629. The van der Waals surface area contributed by atoms with E-state index in [9.17, 15) is 10.2 Å². The van der Waals surface area contributed by atoms with Gasteiger partial charge >= 0.3 is 0 Å². The molecule has 23 heavy (non-hydrogen) atoms. The molecule has 5 nitrogen and oxygen atoms in total. The number of thiol groups is 1. The number of hydrogen-bond donors (Lipinski definition) is 3. The van der Waals surface area contributed by atoms with Crippen LogP contribution < -0.4 is 0 Å². The second kappa shape index (κ2) is 6.95. The Morgan fingerprint density at radius 3 is 2.39 bits per heavy atom. The summed E-state index contributed by atoms with van der Waals surface area (Å²) < 4.78 is 1.69. The molecule has 2 heterocycles. The minimum atomic E-state index is -1.06. The summed E-state index contributed by atoms with van der Waals surface area (Å²) in [5, 5.41) is 25.0. The van der Waals surface area contributed by atoms with Crippen LogP contribution in [0.25, 0.3) is 16.9 Å². The zero-order valence-corrected chi connectivity index (χ0v) is 13.2. The lowest BCUT2D eigenvalue weighted by atomic mass is 10.0. The van der Waals surface area contributed by atoms with Crippen LogP contribution in [0.2, 0.25) is 0 Å². The zero-order valence-electron chi connectivity index (χ0n) is 12.3. The van der Waals surface area contributed by atoms with E-state index < -0.39 is 12.2 Å². The van der Waals surface area contributed by atoms with Crippen LogP contribution in [-0.2, 0) is 0 Å². The maximum Gasteiger partial charge on any atom is 0.109 e. The molecule has 0 radical (unpaired) electrons. The smallest absolute Gasteiger partial charge is 0.109 e. The summed E-state index contributed by atoms with van der Waals surface area (Å²) in [6, 6.07) is 13.3. The van der Waals surface area contributed by atoms with Crippen molar-refractivity contribution >= 4 is 12.6 Å². The van der Waals surface area contributed by atoms with Crippen LogP contribution in [0.1, 0.15) is 11.7 Å². The Morgan fingerprint density at radius 2 is 1.74 bits per heavy atom. The van der Waals surface area contributed by atoms with Gasteiger partial charge in [0.15, 0.2) is 0 Å². The summed E-state index contributed by atoms with van der Waals surface area (Å²) in [5.41, 5.74) is 2.88. The molecule has 1 aromatic carbocycles. The summed E-state index contributed by atoms with van der Waals surface area (Å²) in [5.74, 6) is 0.160. The van der Waals surface area contributed by atoms with Gasteiger partial charge in [-0.15, -0.1) is 0 Å². The highest BCUT2D eigenvalue weighted by atomic mass is 32.1. The van der Waals surface area contributed by atoms with Crippen molar-refractivity contribution in [2.45, 2.75) is 12.2 Å². The lowest BCUT2D eigenvalue weighted by Gasteiger charge is -2.15. The van der Waals surface area contributed by atoms with Gasteiger partial charge in [0, 0.05) is 35.5 Å². The molecule has 6 heteroatoms. The SMILES string of the molecule is OC(CS)C(O)c1cn(-c2ccccc2)nc1-c1ccncc1. The predicted octanol–water partition coefficient (Wildman–Crippen LogP) is 2.26. The third kappa shape index (κ3) is 3.29. The molecule has 0 aliphatic carbocycles. The second-order valence-electron chi connectivity index (χ2n) is 5.14. The van der Waals surface area contributed by atoms with Crippen LogP contribution in [-0.4, -0.2) is 36.8 Å². The van der Waals surface area contributed by atoms with E-state index in [1.165, 1.54) is 0 Å². The van der Waals surface area contributed by atoms with E-state index in [0.29, 0.717) is 11.3 Å². The van der Waals surface area contributed by atoms with Crippen LogP contribution in [0.5, 0.6) is 0 Å². The van der Waals surface area contributed by atoms with Gasteiger partial charge in [-0.25, -0.2) is 4.68 Å². The summed E-state index contributed by atoms with van der Waals surface area (Å²) in [4.78, 5) is 4.00. The predicted molar refractivity (Wildman–Crippen MR) is 91.6 cm³/mol. The number of hydrogen-bond acceptors (Lipinski definition) is 5. The summed E-state index contributed by atoms with van der Waals surface area (Å²) in [6.45, 7) is 0. The molecule has 0 saturated carbocycles. The number of pyridine rings is 1. The van der Waals surface area contributed by atoms with Crippen molar-refractivity contribution in [3.05, 3.63) is 66.6 Å².